The molecule has 1 aromatic carbocycles. The Hall–Kier alpha value is -3.06. The van der Waals surface area contributed by atoms with Crippen molar-refractivity contribution in [2.45, 2.75) is 38.4 Å². The number of pyridine rings is 1. The molecule has 1 aromatic heterocycles. The summed E-state index contributed by atoms with van der Waals surface area (Å²) in [5.41, 5.74) is -0.132. The number of carboxylic acids is 1. The van der Waals surface area contributed by atoms with Gasteiger partial charge in [-0.3, -0.25) is 29.6 Å². The van der Waals surface area contributed by atoms with Crippen molar-refractivity contribution in [1.82, 2.24) is 15.2 Å². The fourth-order valence-corrected chi connectivity index (χ4v) is 4.92. The zero-order valence-electron chi connectivity index (χ0n) is 17.0. The van der Waals surface area contributed by atoms with Crippen LogP contribution in [-0.4, -0.2) is 38.3 Å². The molecule has 2 aliphatic rings. The highest BCUT2D eigenvalue weighted by Gasteiger charge is 2.69. The number of hydrogen-bond acceptors (Lipinski definition) is 5. The molecule has 0 aliphatic carbocycles. The van der Waals surface area contributed by atoms with Crippen molar-refractivity contribution in [3.63, 3.8) is 0 Å². The van der Waals surface area contributed by atoms with E-state index in [1.54, 1.807) is 24.4 Å². The van der Waals surface area contributed by atoms with Gasteiger partial charge in [0.2, 0.25) is 11.8 Å². The lowest BCUT2D eigenvalue weighted by Gasteiger charge is -2.36. The first-order valence-electron chi connectivity index (χ1n) is 10.2. The number of aliphatic carboxylic acids is 1. The number of benzene rings is 1. The molecule has 5 unspecified atom stereocenters. The first-order valence-corrected chi connectivity index (χ1v) is 10.2. The maximum absolute atomic E-state index is 13.5. The molecule has 0 spiro atoms. The molecule has 30 heavy (non-hydrogen) atoms. The average molecular weight is 407 g/mol. The van der Waals surface area contributed by atoms with Gasteiger partial charge < -0.3 is 5.11 Å². The molecule has 0 radical (unpaired) electrons. The van der Waals surface area contributed by atoms with Crippen LogP contribution in [0.2, 0.25) is 0 Å². The van der Waals surface area contributed by atoms with Gasteiger partial charge in [0.25, 0.3) is 0 Å². The fraction of sp³-hybridized carbons (Fsp3) is 0.391. The van der Waals surface area contributed by atoms with Gasteiger partial charge in [-0.1, -0.05) is 56.7 Å². The third-order valence-electron chi connectivity index (χ3n) is 6.62. The molecule has 7 heteroatoms. The number of likely N-dealkylation sites (tertiary alicyclic amines) is 1. The summed E-state index contributed by atoms with van der Waals surface area (Å²) in [6, 6.07) is 13.9. The second-order valence-corrected chi connectivity index (χ2v) is 8.11. The van der Waals surface area contributed by atoms with Crippen LogP contribution in [0.1, 0.15) is 37.6 Å². The van der Waals surface area contributed by atoms with E-state index >= 15 is 0 Å². The number of imide groups is 1. The predicted octanol–water partition coefficient (Wildman–Crippen LogP) is 2.40. The van der Waals surface area contributed by atoms with Gasteiger partial charge >= 0.3 is 5.97 Å². The molecule has 2 aromatic rings. The van der Waals surface area contributed by atoms with Crippen molar-refractivity contribution >= 4 is 17.8 Å². The maximum Gasteiger partial charge on any atom is 0.325 e. The average Bonchev–Trinajstić information content (AvgIpc) is 3.25. The molecule has 4 rings (SSSR count). The summed E-state index contributed by atoms with van der Waals surface area (Å²) in [5, 5.41) is 13.5. The minimum absolute atomic E-state index is 0.136. The van der Waals surface area contributed by atoms with Crippen LogP contribution in [0.15, 0.2) is 54.7 Å². The van der Waals surface area contributed by atoms with Gasteiger partial charge in [-0.15, -0.1) is 0 Å². The Bertz CT molecular complexity index is 965. The van der Waals surface area contributed by atoms with E-state index in [1.165, 1.54) is 4.90 Å². The Kier molecular flexibility index (Phi) is 5.15. The standard InChI is InChI=1S/C23H25N3O4/c1-3-14(2)23(22(29)30)18-17(19(25-23)16-11-7-8-12-24-16)20(27)26(21(18)28)13-15-9-5-4-6-10-15/h4-12,14,17-19,25H,3,13H2,1-2H3,(H,29,30). The van der Waals surface area contributed by atoms with Gasteiger partial charge in [0.1, 0.15) is 5.54 Å². The van der Waals surface area contributed by atoms with Gasteiger partial charge in [0.15, 0.2) is 0 Å². The normalized spacial score (nSPS) is 29.1. The summed E-state index contributed by atoms with van der Waals surface area (Å²) in [6.45, 7) is 3.84. The van der Waals surface area contributed by atoms with Crippen molar-refractivity contribution in [3.8, 4) is 0 Å². The number of hydrogen-bond donors (Lipinski definition) is 2. The zero-order chi connectivity index (χ0) is 21.5. The topological polar surface area (TPSA) is 99.6 Å². The van der Waals surface area contributed by atoms with Gasteiger partial charge in [-0.05, 0) is 23.6 Å². The van der Waals surface area contributed by atoms with E-state index in [0.29, 0.717) is 12.1 Å². The third-order valence-corrected chi connectivity index (χ3v) is 6.62. The fourth-order valence-electron chi connectivity index (χ4n) is 4.92. The molecule has 2 aliphatic heterocycles. The van der Waals surface area contributed by atoms with Crippen molar-refractivity contribution in [2.75, 3.05) is 0 Å². The van der Waals surface area contributed by atoms with Gasteiger partial charge in [0, 0.05) is 6.20 Å². The molecule has 7 nitrogen and oxygen atoms in total. The number of nitrogens with one attached hydrogen (secondary N) is 1. The summed E-state index contributed by atoms with van der Waals surface area (Å²) in [7, 11) is 0. The van der Waals surface area contributed by atoms with E-state index in [0.717, 1.165) is 5.56 Å². The number of nitrogens with zero attached hydrogens (tertiary/aromatic N) is 2. The maximum atomic E-state index is 13.5. The number of aromatic nitrogens is 1. The lowest BCUT2D eigenvalue weighted by Crippen LogP contribution is -2.59. The van der Waals surface area contributed by atoms with Crippen LogP contribution < -0.4 is 5.32 Å². The number of rotatable bonds is 6. The van der Waals surface area contributed by atoms with Crippen LogP contribution in [0.5, 0.6) is 0 Å². The first kappa shape index (κ1) is 20.2. The predicted molar refractivity (Wildman–Crippen MR) is 109 cm³/mol. The molecule has 0 saturated carbocycles. The Labute approximate surface area is 175 Å². The van der Waals surface area contributed by atoms with E-state index in [2.05, 4.69) is 10.3 Å². The second kappa shape index (κ2) is 7.65. The Balaban J connectivity index is 1.81. The highest BCUT2D eigenvalue weighted by atomic mass is 16.4. The monoisotopic (exact) mass is 407 g/mol. The van der Waals surface area contributed by atoms with Crippen LogP contribution in [0, 0.1) is 17.8 Å². The van der Waals surface area contributed by atoms with E-state index in [9.17, 15) is 19.5 Å². The lowest BCUT2D eigenvalue weighted by molar-refractivity contribution is -0.154. The van der Waals surface area contributed by atoms with E-state index in [4.69, 9.17) is 0 Å². The van der Waals surface area contributed by atoms with Crippen molar-refractivity contribution in [2.24, 2.45) is 17.8 Å². The molecule has 2 amide bonds. The molecule has 0 bridgehead atoms. The van der Waals surface area contributed by atoms with Crippen LogP contribution in [0.3, 0.4) is 0 Å². The van der Waals surface area contributed by atoms with E-state index < -0.39 is 35.3 Å². The molecular weight excluding hydrogens is 382 g/mol. The summed E-state index contributed by atoms with van der Waals surface area (Å²) in [4.78, 5) is 45.1. The molecular formula is C23H25N3O4. The Morgan fingerprint density at radius 3 is 2.47 bits per heavy atom. The molecule has 2 fully saturated rings. The quantitative estimate of drug-likeness (QED) is 0.714. The summed E-state index contributed by atoms with van der Waals surface area (Å²) < 4.78 is 0. The van der Waals surface area contributed by atoms with Crippen LogP contribution >= 0.6 is 0 Å². The second-order valence-electron chi connectivity index (χ2n) is 8.11. The summed E-state index contributed by atoms with van der Waals surface area (Å²) >= 11 is 0. The zero-order valence-corrected chi connectivity index (χ0v) is 17.0. The Morgan fingerprint density at radius 2 is 1.87 bits per heavy atom. The molecule has 2 saturated heterocycles. The number of carboxylic acid groups (broad SMARTS) is 1. The van der Waals surface area contributed by atoms with Gasteiger partial charge in [-0.2, -0.15) is 0 Å². The molecule has 156 valence electrons. The number of amides is 2. The van der Waals surface area contributed by atoms with Crippen molar-refractivity contribution in [3.05, 3.63) is 66.0 Å². The molecule has 2 N–H and O–H groups in total. The van der Waals surface area contributed by atoms with Gasteiger partial charge in [0.05, 0.1) is 30.1 Å². The van der Waals surface area contributed by atoms with Gasteiger partial charge in [-0.25, -0.2) is 0 Å². The molecule has 5 atom stereocenters. The Morgan fingerprint density at radius 1 is 1.17 bits per heavy atom. The minimum atomic E-state index is -1.53. The van der Waals surface area contributed by atoms with E-state index in [-0.39, 0.29) is 18.4 Å². The minimum Gasteiger partial charge on any atom is -0.480 e. The highest BCUT2D eigenvalue weighted by Crippen LogP contribution is 2.51. The summed E-state index contributed by atoms with van der Waals surface area (Å²) in [6.07, 6.45) is 2.16. The third kappa shape index (κ3) is 2.92. The SMILES string of the molecule is CCC(C)C1(C(=O)O)NC(c2ccccn2)C2C(=O)N(Cc3ccccc3)C(=O)C21. The van der Waals surface area contributed by atoms with Crippen molar-refractivity contribution in [1.29, 1.82) is 0 Å². The van der Waals surface area contributed by atoms with Crippen LogP contribution in [0.4, 0.5) is 0 Å². The molecule has 3 heterocycles. The highest BCUT2D eigenvalue weighted by molar-refractivity contribution is 6.09. The number of carbonyl (C=O) groups excluding carboxylic acids is 2. The first-order chi connectivity index (χ1) is 14.4. The van der Waals surface area contributed by atoms with E-state index in [1.807, 2.05) is 44.2 Å². The largest absolute Gasteiger partial charge is 0.480 e. The van der Waals surface area contributed by atoms with Crippen LogP contribution in [-0.2, 0) is 20.9 Å². The smallest absolute Gasteiger partial charge is 0.325 e. The number of fused-ring (bicyclic) bond motifs is 1. The van der Waals surface area contributed by atoms with Crippen LogP contribution in [0.25, 0.3) is 0 Å². The number of carbonyl (C=O) groups is 3. The van der Waals surface area contributed by atoms with Crippen molar-refractivity contribution < 1.29 is 19.5 Å². The lowest BCUT2D eigenvalue weighted by atomic mass is 9.72. The summed E-state index contributed by atoms with van der Waals surface area (Å²) in [5.74, 6) is -4.02.